The van der Waals surface area contributed by atoms with E-state index in [0.29, 0.717) is 36.5 Å². The molecule has 0 radical (unpaired) electrons. The summed E-state index contributed by atoms with van der Waals surface area (Å²) in [4.78, 5) is 36.9. The van der Waals surface area contributed by atoms with Crippen molar-refractivity contribution in [3.63, 3.8) is 0 Å². The summed E-state index contributed by atoms with van der Waals surface area (Å²) in [6, 6.07) is 7.15. The number of aryl methyl sites for hydroxylation is 1. The first-order chi connectivity index (χ1) is 13.7. The molecule has 0 aliphatic carbocycles. The molecule has 2 unspecified atom stereocenters. The van der Waals surface area contributed by atoms with E-state index in [1.807, 2.05) is 19.1 Å². The molecule has 154 valence electrons. The van der Waals surface area contributed by atoms with Gasteiger partial charge in [-0.05, 0) is 51.3 Å². The molecule has 2 heterocycles. The quantitative estimate of drug-likeness (QED) is 0.609. The number of rotatable bonds is 5. The first-order valence-corrected chi connectivity index (χ1v) is 9.56. The van der Waals surface area contributed by atoms with E-state index in [1.165, 1.54) is 0 Å². The molecule has 2 amide bonds. The van der Waals surface area contributed by atoms with Crippen LogP contribution in [0.3, 0.4) is 0 Å². The molecule has 0 saturated carbocycles. The molecule has 0 bridgehead atoms. The topological polar surface area (TPSA) is 124 Å². The molecule has 0 spiro atoms. The van der Waals surface area contributed by atoms with Gasteiger partial charge >= 0.3 is 5.69 Å². The molecule has 9 heteroatoms. The number of carbonyl (C=O) groups excluding carboxylic acids is 2. The van der Waals surface area contributed by atoms with Crippen molar-refractivity contribution in [1.82, 2.24) is 14.7 Å². The highest BCUT2D eigenvalue weighted by molar-refractivity contribution is 5.95. The van der Waals surface area contributed by atoms with Gasteiger partial charge < -0.3 is 10.6 Å². The van der Waals surface area contributed by atoms with E-state index in [1.54, 1.807) is 35.6 Å². The maximum atomic E-state index is 12.9. The number of benzene rings is 1. The molecule has 3 rings (SSSR count). The molecule has 9 nitrogen and oxygen atoms in total. The fraction of sp³-hybridized carbons (Fsp3) is 0.450. The summed E-state index contributed by atoms with van der Waals surface area (Å²) in [5, 5.41) is 15.4. The average Bonchev–Trinajstić information content (AvgIpc) is 2.95. The van der Waals surface area contributed by atoms with Gasteiger partial charge in [-0.25, -0.2) is 0 Å². The Bertz CT molecular complexity index is 951. The summed E-state index contributed by atoms with van der Waals surface area (Å²) in [6.45, 7) is 5.97. The minimum Gasteiger partial charge on any atom is -0.369 e. The lowest BCUT2D eigenvalue weighted by atomic mass is 9.92. The molecule has 29 heavy (non-hydrogen) atoms. The summed E-state index contributed by atoms with van der Waals surface area (Å²) in [7, 11) is 0. The second kappa shape index (κ2) is 8.02. The first-order valence-electron chi connectivity index (χ1n) is 9.56. The Kier molecular flexibility index (Phi) is 5.67. The van der Waals surface area contributed by atoms with Crippen LogP contribution >= 0.6 is 0 Å². The number of primary amides is 1. The number of hydrogen-bond acceptors (Lipinski definition) is 5. The zero-order valence-corrected chi connectivity index (χ0v) is 16.8. The lowest BCUT2D eigenvalue weighted by molar-refractivity contribution is -0.386. The van der Waals surface area contributed by atoms with E-state index in [4.69, 9.17) is 5.73 Å². The highest BCUT2D eigenvalue weighted by atomic mass is 16.6. The van der Waals surface area contributed by atoms with Crippen molar-refractivity contribution >= 4 is 17.5 Å². The van der Waals surface area contributed by atoms with Crippen LogP contribution in [0, 0.1) is 29.9 Å². The second-order valence-electron chi connectivity index (χ2n) is 7.61. The molecular weight excluding hydrogens is 374 g/mol. The Morgan fingerprint density at radius 1 is 1.24 bits per heavy atom. The summed E-state index contributed by atoms with van der Waals surface area (Å²) >= 11 is 0. The van der Waals surface area contributed by atoms with Crippen LogP contribution in [0.2, 0.25) is 0 Å². The second-order valence-corrected chi connectivity index (χ2v) is 7.61. The highest BCUT2D eigenvalue weighted by Gasteiger charge is 2.32. The van der Waals surface area contributed by atoms with Crippen LogP contribution in [0.15, 0.2) is 24.3 Å². The van der Waals surface area contributed by atoms with E-state index < -0.39 is 4.92 Å². The van der Waals surface area contributed by atoms with Crippen molar-refractivity contribution in [2.24, 2.45) is 11.7 Å². The normalized spacial score (nSPS) is 19.2. The summed E-state index contributed by atoms with van der Waals surface area (Å²) in [6.07, 6.45) is 1.45. The van der Waals surface area contributed by atoms with E-state index in [9.17, 15) is 19.7 Å². The summed E-state index contributed by atoms with van der Waals surface area (Å²) in [5.41, 5.74) is 7.73. The third kappa shape index (κ3) is 4.13. The number of nitro groups is 1. The highest BCUT2D eigenvalue weighted by Crippen LogP contribution is 2.25. The Hall–Kier alpha value is -3.23. The predicted octanol–water partition coefficient (Wildman–Crippen LogP) is 2.18. The fourth-order valence-electron chi connectivity index (χ4n) is 3.82. The van der Waals surface area contributed by atoms with Crippen LogP contribution in [0.1, 0.15) is 47.1 Å². The Labute approximate surface area is 168 Å². The van der Waals surface area contributed by atoms with E-state index in [-0.39, 0.29) is 29.5 Å². The number of amides is 2. The monoisotopic (exact) mass is 399 g/mol. The van der Waals surface area contributed by atoms with Crippen LogP contribution in [0.5, 0.6) is 0 Å². The molecule has 1 aliphatic rings. The van der Waals surface area contributed by atoms with Crippen molar-refractivity contribution < 1.29 is 14.5 Å². The third-order valence-corrected chi connectivity index (χ3v) is 5.60. The summed E-state index contributed by atoms with van der Waals surface area (Å²) < 4.78 is 1.59. The van der Waals surface area contributed by atoms with E-state index in [2.05, 4.69) is 5.10 Å². The van der Waals surface area contributed by atoms with Crippen LogP contribution in [0.4, 0.5) is 5.69 Å². The number of carbonyl (C=O) groups is 2. The minimum atomic E-state index is -0.422. The van der Waals surface area contributed by atoms with Gasteiger partial charge in [0.05, 0.1) is 17.4 Å². The van der Waals surface area contributed by atoms with Gasteiger partial charge in [0.1, 0.15) is 11.4 Å². The lowest BCUT2D eigenvalue weighted by Gasteiger charge is -2.37. The van der Waals surface area contributed by atoms with Crippen molar-refractivity contribution in [2.45, 2.75) is 46.2 Å². The SMILES string of the molecule is Cc1nn(Cc2ccc(C(=O)N3CC(C(N)=O)CCC3C)cc2)c(C)c1[N+](=O)[O-]. The molecule has 2 N–H and O–H groups in total. The van der Waals surface area contributed by atoms with E-state index in [0.717, 1.165) is 12.0 Å². The third-order valence-electron chi connectivity index (χ3n) is 5.60. The van der Waals surface area contributed by atoms with Gasteiger partial charge in [-0.3, -0.25) is 24.4 Å². The van der Waals surface area contributed by atoms with Crippen LogP contribution in [0.25, 0.3) is 0 Å². The van der Waals surface area contributed by atoms with Gasteiger partial charge in [0.25, 0.3) is 5.91 Å². The number of nitrogens with zero attached hydrogens (tertiary/aromatic N) is 4. The number of nitrogens with two attached hydrogens (primary N) is 1. The van der Waals surface area contributed by atoms with Crippen LogP contribution < -0.4 is 5.73 Å². The standard InChI is InChI=1S/C20H25N5O4/c1-12-4-7-17(19(21)26)11-23(12)20(27)16-8-5-15(6-9-16)10-24-14(3)18(25(28)29)13(2)22-24/h5-6,8-9,12,17H,4,7,10-11H2,1-3H3,(H2,21,26). The molecule has 1 fully saturated rings. The zero-order chi connectivity index (χ0) is 21.3. The molecule has 2 atom stereocenters. The summed E-state index contributed by atoms with van der Waals surface area (Å²) in [5.74, 6) is -0.808. The van der Waals surface area contributed by atoms with Gasteiger partial charge in [0.2, 0.25) is 5.91 Å². The Morgan fingerprint density at radius 2 is 1.90 bits per heavy atom. The Morgan fingerprint density at radius 3 is 2.45 bits per heavy atom. The zero-order valence-electron chi connectivity index (χ0n) is 16.8. The molecular formula is C20H25N5O4. The molecule has 2 aromatic rings. The first kappa shape index (κ1) is 20.5. The maximum absolute atomic E-state index is 12.9. The number of hydrogen-bond donors (Lipinski definition) is 1. The predicted molar refractivity (Wildman–Crippen MR) is 106 cm³/mol. The van der Waals surface area contributed by atoms with Crippen molar-refractivity contribution in [3.05, 3.63) is 56.9 Å². The van der Waals surface area contributed by atoms with Gasteiger partial charge in [-0.1, -0.05) is 12.1 Å². The molecule has 1 aromatic carbocycles. The van der Waals surface area contributed by atoms with Gasteiger partial charge in [0.15, 0.2) is 0 Å². The van der Waals surface area contributed by atoms with Crippen LogP contribution in [-0.4, -0.2) is 44.0 Å². The molecule has 1 aromatic heterocycles. The Balaban J connectivity index is 1.75. The van der Waals surface area contributed by atoms with Crippen molar-refractivity contribution in [3.8, 4) is 0 Å². The minimum absolute atomic E-state index is 0.0277. The number of piperidine rings is 1. The molecule has 1 saturated heterocycles. The van der Waals surface area contributed by atoms with E-state index >= 15 is 0 Å². The van der Waals surface area contributed by atoms with Crippen molar-refractivity contribution in [2.75, 3.05) is 6.54 Å². The largest absolute Gasteiger partial charge is 0.369 e. The molecule has 1 aliphatic heterocycles. The van der Waals surface area contributed by atoms with Crippen molar-refractivity contribution in [1.29, 1.82) is 0 Å². The number of aromatic nitrogens is 2. The smallest absolute Gasteiger partial charge is 0.312 e. The average molecular weight is 399 g/mol. The van der Waals surface area contributed by atoms with Crippen LogP contribution in [-0.2, 0) is 11.3 Å². The van der Waals surface area contributed by atoms with Gasteiger partial charge in [-0.15, -0.1) is 0 Å². The number of likely N-dealkylation sites (tertiary alicyclic amines) is 1. The fourth-order valence-corrected chi connectivity index (χ4v) is 3.82. The van der Waals surface area contributed by atoms with Gasteiger partial charge in [-0.2, -0.15) is 5.10 Å². The maximum Gasteiger partial charge on any atom is 0.312 e. The van der Waals surface area contributed by atoms with Gasteiger partial charge in [0, 0.05) is 18.2 Å². The lowest BCUT2D eigenvalue weighted by Crippen LogP contribution is -2.48.